The van der Waals surface area contributed by atoms with Crippen molar-refractivity contribution in [2.24, 2.45) is 5.84 Å². The molecule has 0 spiro atoms. The lowest BCUT2D eigenvalue weighted by atomic mass is 10.1. The molecular formula is C12H20N6O2. The fourth-order valence-corrected chi connectivity index (χ4v) is 1.36. The van der Waals surface area contributed by atoms with Gasteiger partial charge in [-0.15, -0.1) is 0 Å². The third-order valence-corrected chi connectivity index (χ3v) is 2.25. The molecule has 0 saturated heterocycles. The summed E-state index contributed by atoms with van der Waals surface area (Å²) in [6, 6.07) is -0.682. The van der Waals surface area contributed by atoms with Gasteiger partial charge in [0, 0.05) is 5.54 Å². The van der Waals surface area contributed by atoms with Crippen molar-refractivity contribution in [1.29, 1.82) is 0 Å². The fraction of sp³-hybridized carbons (Fsp3) is 0.500. The Morgan fingerprint density at radius 1 is 1.30 bits per heavy atom. The number of nitrogens with zero attached hydrogens (tertiary/aromatic N) is 2. The average Bonchev–Trinajstić information content (AvgIpc) is 2.36. The third kappa shape index (κ3) is 4.81. The van der Waals surface area contributed by atoms with Gasteiger partial charge in [0.05, 0.1) is 12.4 Å². The molecule has 20 heavy (non-hydrogen) atoms. The summed E-state index contributed by atoms with van der Waals surface area (Å²) in [7, 11) is 0. The number of hydrazine groups is 1. The van der Waals surface area contributed by atoms with Crippen molar-refractivity contribution in [2.75, 3.05) is 5.43 Å². The molecule has 8 heteroatoms. The first-order chi connectivity index (χ1) is 9.23. The SMILES string of the molecule is CC(NC(=O)c1cncc(NN)n1)C(=O)NC(C)(C)C. The van der Waals surface area contributed by atoms with E-state index < -0.39 is 11.9 Å². The Balaban J connectivity index is 2.67. The van der Waals surface area contributed by atoms with Crippen molar-refractivity contribution < 1.29 is 9.59 Å². The van der Waals surface area contributed by atoms with Gasteiger partial charge in [-0.25, -0.2) is 10.8 Å². The molecule has 0 aliphatic rings. The van der Waals surface area contributed by atoms with Crippen molar-refractivity contribution >= 4 is 17.6 Å². The molecule has 0 radical (unpaired) electrons. The lowest BCUT2D eigenvalue weighted by molar-refractivity contribution is -0.124. The van der Waals surface area contributed by atoms with Crippen LogP contribution in [0.3, 0.4) is 0 Å². The van der Waals surface area contributed by atoms with Crippen LogP contribution in [0.1, 0.15) is 38.2 Å². The maximum Gasteiger partial charge on any atom is 0.272 e. The van der Waals surface area contributed by atoms with Crippen LogP contribution in [0.5, 0.6) is 0 Å². The molecule has 0 aromatic carbocycles. The molecule has 0 aliphatic heterocycles. The van der Waals surface area contributed by atoms with Crippen LogP contribution in [0.25, 0.3) is 0 Å². The van der Waals surface area contributed by atoms with Crippen LogP contribution >= 0.6 is 0 Å². The Morgan fingerprint density at radius 3 is 2.50 bits per heavy atom. The predicted octanol–water partition coefficient (Wildman–Crippen LogP) is -0.205. The van der Waals surface area contributed by atoms with Crippen molar-refractivity contribution in [2.45, 2.75) is 39.3 Å². The van der Waals surface area contributed by atoms with Crippen LogP contribution in [-0.2, 0) is 4.79 Å². The van der Waals surface area contributed by atoms with Crippen molar-refractivity contribution in [3.8, 4) is 0 Å². The molecule has 8 nitrogen and oxygen atoms in total. The lowest BCUT2D eigenvalue weighted by Crippen LogP contribution is -2.50. The van der Waals surface area contributed by atoms with E-state index in [1.165, 1.54) is 12.4 Å². The molecule has 0 bridgehead atoms. The van der Waals surface area contributed by atoms with E-state index in [9.17, 15) is 9.59 Å². The number of nitrogens with one attached hydrogen (secondary N) is 3. The Labute approximate surface area is 117 Å². The summed E-state index contributed by atoms with van der Waals surface area (Å²) in [5.74, 6) is 4.69. The molecule has 1 rings (SSSR count). The smallest absolute Gasteiger partial charge is 0.272 e. The summed E-state index contributed by atoms with van der Waals surface area (Å²) in [6.07, 6.45) is 2.68. The molecule has 1 heterocycles. The number of nitrogen functional groups attached to an aromatic ring is 1. The van der Waals surface area contributed by atoms with Crippen molar-refractivity contribution in [3.05, 3.63) is 18.1 Å². The van der Waals surface area contributed by atoms with E-state index in [0.29, 0.717) is 0 Å². The molecule has 110 valence electrons. The molecule has 5 N–H and O–H groups in total. The normalized spacial score (nSPS) is 12.4. The van der Waals surface area contributed by atoms with E-state index in [2.05, 4.69) is 26.0 Å². The Bertz CT molecular complexity index is 497. The molecule has 0 aliphatic carbocycles. The van der Waals surface area contributed by atoms with Crippen LogP contribution in [-0.4, -0.2) is 33.4 Å². The Kier molecular flexibility index (Phi) is 4.98. The molecule has 1 aromatic heterocycles. The van der Waals surface area contributed by atoms with E-state index in [-0.39, 0.29) is 23.0 Å². The summed E-state index contributed by atoms with van der Waals surface area (Å²) >= 11 is 0. The second-order valence-electron chi connectivity index (χ2n) is 5.37. The van der Waals surface area contributed by atoms with E-state index in [4.69, 9.17) is 5.84 Å². The Morgan fingerprint density at radius 2 is 1.95 bits per heavy atom. The van der Waals surface area contributed by atoms with Gasteiger partial charge in [-0.2, -0.15) is 0 Å². The molecule has 1 unspecified atom stereocenters. The zero-order chi connectivity index (χ0) is 15.3. The second-order valence-corrected chi connectivity index (χ2v) is 5.37. The van der Waals surface area contributed by atoms with Gasteiger partial charge < -0.3 is 16.1 Å². The highest BCUT2D eigenvalue weighted by molar-refractivity contribution is 5.96. The number of carbonyl (C=O) groups excluding carboxylic acids is 2. The molecule has 1 aromatic rings. The number of aromatic nitrogens is 2. The predicted molar refractivity (Wildman–Crippen MR) is 74.7 cm³/mol. The first-order valence-corrected chi connectivity index (χ1v) is 6.14. The topological polar surface area (TPSA) is 122 Å². The van der Waals surface area contributed by atoms with Gasteiger partial charge in [0.1, 0.15) is 11.7 Å². The standard InChI is InChI=1S/C12H20N6O2/c1-7(10(19)17-12(2,3)4)15-11(20)8-5-14-6-9(16-8)18-13/h5-7H,13H2,1-4H3,(H,15,20)(H,16,18)(H,17,19). The summed E-state index contributed by atoms with van der Waals surface area (Å²) in [4.78, 5) is 31.5. The van der Waals surface area contributed by atoms with E-state index >= 15 is 0 Å². The van der Waals surface area contributed by atoms with Crippen LogP contribution < -0.4 is 21.9 Å². The number of hydrogen-bond donors (Lipinski definition) is 4. The van der Waals surface area contributed by atoms with Gasteiger partial charge in [-0.3, -0.25) is 14.6 Å². The maximum absolute atomic E-state index is 11.9. The first kappa shape index (κ1) is 15.8. The van der Waals surface area contributed by atoms with Gasteiger partial charge >= 0.3 is 0 Å². The van der Waals surface area contributed by atoms with Crippen LogP contribution in [0.2, 0.25) is 0 Å². The molecule has 1 atom stereocenters. The number of hydrogen-bond acceptors (Lipinski definition) is 6. The van der Waals surface area contributed by atoms with E-state index in [1.807, 2.05) is 20.8 Å². The fourth-order valence-electron chi connectivity index (χ4n) is 1.36. The van der Waals surface area contributed by atoms with Gasteiger partial charge in [-0.1, -0.05) is 0 Å². The van der Waals surface area contributed by atoms with E-state index in [1.54, 1.807) is 6.92 Å². The van der Waals surface area contributed by atoms with Crippen molar-refractivity contribution in [1.82, 2.24) is 20.6 Å². The summed E-state index contributed by atoms with van der Waals surface area (Å²) in [5, 5.41) is 5.32. The minimum atomic E-state index is -0.682. The van der Waals surface area contributed by atoms with Crippen LogP contribution in [0, 0.1) is 0 Å². The van der Waals surface area contributed by atoms with Crippen LogP contribution in [0.15, 0.2) is 12.4 Å². The van der Waals surface area contributed by atoms with Crippen LogP contribution in [0.4, 0.5) is 5.82 Å². The number of nitrogens with two attached hydrogens (primary N) is 1. The minimum absolute atomic E-state index is 0.0795. The largest absolute Gasteiger partial charge is 0.350 e. The minimum Gasteiger partial charge on any atom is -0.350 e. The molecular weight excluding hydrogens is 260 g/mol. The van der Waals surface area contributed by atoms with E-state index in [0.717, 1.165) is 0 Å². The average molecular weight is 280 g/mol. The summed E-state index contributed by atoms with van der Waals surface area (Å²) < 4.78 is 0. The van der Waals surface area contributed by atoms with Gasteiger partial charge in [0.15, 0.2) is 5.82 Å². The summed E-state index contributed by atoms with van der Waals surface area (Å²) in [5.41, 5.74) is 2.01. The molecule has 2 amide bonds. The highest BCUT2D eigenvalue weighted by atomic mass is 16.2. The molecule has 0 saturated carbocycles. The lowest BCUT2D eigenvalue weighted by Gasteiger charge is -2.23. The number of rotatable bonds is 4. The van der Waals surface area contributed by atoms with Gasteiger partial charge in [-0.05, 0) is 27.7 Å². The first-order valence-electron chi connectivity index (χ1n) is 6.14. The highest BCUT2D eigenvalue weighted by Gasteiger charge is 2.21. The monoisotopic (exact) mass is 280 g/mol. The Hall–Kier alpha value is -2.22. The van der Waals surface area contributed by atoms with Gasteiger partial charge in [0.25, 0.3) is 5.91 Å². The van der Waals surface area contributed by atoms with Gasteiger partial charge in [0.2, 0.25) is 5.91 Å². The summed E-state index contributed by atoms with van der Waals surface area (Å²) in [6.45, 7) is 7.18. The zero-order valence-electron chi connectivity index (χ0n) is 12.0. The highest BCUT2D eigenvalue weighted by Crippen LogP contribution is 2.02. The second kappa shape index (κ2) is 6.29. The number of amides is 2. The van der Waals surface area contributed by atoms with Crippen molar-refractivity contribution in [3.63, 3.8) is 0 Å². The molecule has 0 fully saturated rings. The third-order valence-electron chi connectivity index (χ3n) is 2.25. The maximum atomic E-state index is 11.9. The quantitative estimate of drug-likeness (QED) is 0.447. The number of anilines is 1. The zero-order valence-corrected chi connectivity index (χ0v) is 12.0. The number of carbonyl (C=O) groups is 2.